The number of rotatable bonds is 8. The van der Waals surface area contributed by atoms with E-state index in [1.165, 1.54) is 16.7 Å². The second-order valence-electron chi connectivity index (χ2n) is 11.1. The normalized spacial score (nSPS) is 18.5. The van der Waals surface area contributed by atoms with Gasteiger partial charge in [0.25, 0.3) is 5.91 Å². The lowest BCUT2D eigenvalue weighted by Crippen LogP contribution is -2.70. The van der Waals surface area contributed by atoms with Gasteiger partial charge >= 0.3 is 12.1 Å². The summed E-state index contributed by atoms with van der Waals surface area (Å²) in [6, 6.07) is 25.5. The van der Waals surface area contributed by atoms with E-state index >= 15 is 0 Å². The molecule has 2 heterocycles. The highest BCUT2D eigenvalue weighted by atomic mass is 32.2. The molecule has 0 saturated carbocycles. The van der Waals surface area contributed by atoms with Gasteiger partial charge in [0.2, 0.25) is 5.91 Å². The van der Waals surface area contributed by atoms with Crippen molar-refractivity contribution in [3.63, 3.8) is 0 Å². The lowest BCUT2D eigenvalue weighted by molar-refractivity contribution is -0.154. The number of hydrogen-bond acceptors (Lipinski definition) is 7. The largest absolute Gasteiger partial charge is 0.448 e. The van der Waals surface area contributed by atoms with Crippen LogP contribution in [0.4, 0.5) is 4.79 Å². The zero-order chi connectivity index (χ0) is 30.6. The zero-order valence-electron chi connectivity index (χ0n) is 24.1. The summed E-state index contributed by atoms with van der Waals surface area (Å²) in [4.78, 5) is 54.3. The van der Waals surface area contributed by atoms with Crippen molar-refractivity contribution in [3.05, 3.63) is 119 Å². The summed E-state index contributed by atoms with van der Waals surface area (Å²) in [5.41, 5.74) is 1.51. The van der Waals surface area contributed by atoms with Crippen molar-refractivity contribution >= 4 is 35.6 Å². The van der Waals surface area contributed by atoms with E-state index in [0.29, 0.717) is 11.3 Å². The Bertz CT molecular complexity index is 1470. The fourth-order valence-corrected chi connectivity index (χ4v) is 6.08. The van der Waals surface area contributed by atoms with Crippen LogP contribution in [0.3, 0.4) is 0 Å². The molecule has 2 N–H and O–H groups in total. The molecule has 10 heteroatoms. The van der Waals surface area contributed by atoms with E-state index in [1.54, 1.807) is 57.2 Å². The van der Waals surface area contributed by atoms with Crippen LogP contribution in [0.25, 0.3) is 0 Å². The summed E-state index contributed by atoms with van der Waals surface area (Å²) < 4.78 is 11.4. The Hall–Kier alpha value is -4.57. The van der Waals surface area contributed by atoms with Gasteiger partial charge in [-0.15, -0.1) is 11.8 Å². The molecule has 43 heavy (non-hydrogen) atoms. The Kier molecular flexibility index (Phi) is 8.86. The standard InChI is InChI=1S/C33H33N3O6S/c1-33(2,3)42-32(40)35-25(21-13-7-4-8-14-21)28(37)34-26-29(38)36-24(19-20-43-30(26)36)31(39)41-27(22-15-9-5-10-16-22)23-17-11-6-12-18-23/h4-19,25-27,30H,20H2,1-3H3,(H,34,37)(H,35,40)/t25-,26+,30-/m0/s1. The number of benzene rings is 3. The van der Waals surface area contributed by atoms with Crippen LogP contribution in [-0.2, 0) is 23.9 Å². The van der Waals surface area contributed by atoms with Gasteiger partial charge in [0.05, 0.1) is 0 Å². The fourth-order valence-electron chi connectivity index (χ4n) is 4.89. The van der Waals surface area contributed by atoms with E-state index in [4.69, 9.17) is 9.47 Å². The Morgan fingerprint density at radius 3 is 1.93 bits per heavy atom. The van der Waals surface area contributed by atoms with Crippen LogP contribution in [0, 0.1) is 0 Å². The van der Waals surface area contributed by atoms with Crippen molar-refractivity contribution < 1.29 is 28.7 Å². The third-order valence-electron chi connectivity index (χ3n) is 6.84. The second kappa shape index (κ2) is 12.7. The first-order chi connectivity index (χ1) is 20.6. The summed E-state index contributed by atoms with van der Waals surface area (Å²) in [7, 11) is 0. The van der Waals surface area contributed by atoms with Gasteiger partial charge in [-0.1, -0.05) is 91.0 Å². The molecule has 222 valence electrons. The number of thioether (sulfide) groups is 1. The maximum absolute atomic E-state index is 13.5. The number of alkyl carbamates (subject to hydrolysis) is 1. The molecule has 3 aromatic rings. The summed E-state index contributed by atoms with van der Waals surface area (Å²) in [6.07, 6.45) is 0.245. The molecule has 0 unspecified atom stereocenters. The maximum Gasteiger partial charge on any atom is 0.408 e. The van der Waals surface area contributed by atoms with Crippen LogP contribution in [0.15, 0.2) is 103 Å². The van der Waals surface area contributed by atoms with Crippen LogP contribution < -0.4 is 10.6 Å². The molecule has 9 nitrogen and oxygen atoms in total. The van der Waals surface area contributed by atoms with E-state index in [2.05, 4.69) is 10.6 Å². The smallest absolute Gasteiger partial charge is 0.408 e. The summed E-state index contributed by atoms with van der Waals surface area (Å²) in [5.74, 6) is -1.18. The summed E-state index contributed by atoms with van der Waals surface area (Å²) >= 11 is 1.42. The molecule has 1 saturated heterocycles. The molecule has 2 aliphatic heterocycles. The molecule has 1 fully saturated rings. The van der Waals surface area contributed by atoms with Gasteiger partial charge in [-0.3, -0.25) is 14.5 Å². The van der Waals surface area contributed by atoms with Gasteiger partial charge in [-0.05, 0) is 43.5 Å². The SMILES string of the molecule is CC(C)(C)OC(=O)N[C@H](C(=O)N[C@@H]1C(=O)N2C(C(=O)OC(c3ccccc3)c3ccccc3)=CCS[C@@H]12)c1ccccc1. The highest BCUT2D eigenvalue weighted by Gasteiger charge is 2.53. The van der Waals surface area contributed by atoms with E-state index in [9.17, 15) is 19.2 Å². The minimum absolute atomic E-state index is 0.141. The van der Waals surface area contributed by atoms with Crippen molar-refractivity contribution in [1.82, 2.24) is 15.5 Å². The first-order valence-electron chi connectivity index (χ1n) is 13.9. The lowest BCUT2D eigenvalue weighted by Gasteiger charge is -2.48. The van der Waals surface area contributed by atoms with Crippen LogP contribution in [0.1, 0.15) is 49.6 Å². The third-order valence-corrected chi connectivity index (χ3v) is 8.02. The number of carbonyl (C=O) groups is 4. The third kappa shape index (κ3) is 6.91. The van der Waals surface area contributed by atoms with Gasteiger partial charge in [-0.25, -0.2) is 9.59 Å². The molecular weight excluding hydrogens is 566 g/mol. The lowest BCUT2D eigenvalue weighted by atomic mass is 10.0. The number of ether oxygens (including phenoxy) is 2. The Morgan fingerprint density at radius 1 is 0.860 bits per heavy atom. The molecule has 0 radical (unpaired) electrons. The van der Waals surface area contributed by atoms with Gasteiger partial charge in [0.15, 0.2) is 6.10 Å². The monoisotopic (exact) mass is 599 g/mol. The number of esters is 1. The van der Waals surface area contributed by atoms with Crippen molar-refractivity contribution in [2.45, 2.75) is 49.9 Å². The van der Waals surface area contributed by atoms with Gasteiger partial charge < -0.3 is 20.1 Å². The predicted octanol–water partition coefficient (Wildman–Crippen LogP) is 4.87. The first kappa shape index (κ1) is 29.9. The average Bonchev–Trinajstić information content (AvgIpc) is 3.01. The highest BCUT2D eigenvalue weighted by molar-refractivity contribution is 8.00. The molecular formula is C33H33N3O6S. The molecule has 0 bridgehead atoms. The van der Waals surface area contributed by atoms with Crippen molar-refractivity contribution in [2.24, 2.45) is 0 Å². The Balaban J connectivity index is 1.30. The Labute approximate surface area is 254 Å². The van der Waals surface area contributed by atoms with Crippen LogP contribution in [0.5, 0.6) is 0 Å². The number of carbonyl (C=O) groups excluding carboxylic acids is 4. The Morgan fingerprint density at radius 2 is 1.40 bits per heavy atom. The van der Waals surface area contributed by atoms with E-state index in [0.717, 1.165) is 11.1 Å². The quantitative estimate of drug-likeness (QED) is 0.281. The number of nitrogens with one attached hydrogen (secondary N) is 2. The van der Waals surface area contributed by atoms with Crippen molar-refractivity contribution in [2.75, 3.05) is 5.75 Å². The number of amides is 3. The minimum atomic E-state index is -1.09. The maximum atomic E-state index is 13.5. The molecule has 0 aromatic heterocycles. The summed E-state index contributed by atoms with van der Waals surface area (Å²) in [6.45, 7) is 5.18. The second-order valence-corrected chi connectivity index (χ2v) is 12.3. The first-order valence-corrected chi connectivity index (χ1v) is 15.0. The zero-order valence-corrected chi connectivity index (χ0v) is 24.9. The van der Waals surface area contributed by atoms with Gasteiger partial charge in [-0.2, -0.15) is 0 Å². The highest BCUT2D eigenvalue weighted by Crippen LogP contribution is 2.39. The molecule has 3 atom stereocenters. The molecule has 0 spiro atoms. The fraction of sp³-hybridized carbons (Fsp3) is 0.273. The van der Waals surface area contributed by atoms with Crippen LogP contribution in [0.2, 0.25) is 0 Å². The van der Waals surface area contributed by atoms with E-state index < -0.39 is 53.0 Å². The van der Waals surface area contributed by atoms with Crippen molar-refractivity contribution in [1.29, 1.82) is 0 Å². The molecule has 5 rings (SSSR count). The van der Waals surface area contributed by atoms with Gasteiger partial charge in [0, 0.05) is 5.75 Å². The summed E-state index contributed by atoms with van der Waals surface area (Å²) in [5, 5.41) is 4.90. The van der Waals surface area contributed by atoms with Crippen LogP contribution in [-0.4, -0.2) is 51.5 Å². The molecule has 3 amide bonds. The van der Waals surface area contributed by atoms with E-state index in [-0.39, 0.29) is 5.70 Å². The topological polar surface area (TPSA) is 114 Å². The predicted molar refractivity (Wildman–Crippen MR) is 162 cm³/mol. The minimum Gasteiger partial charge on any atom is -0.448 e. The molecule has 0 aliphatic carbocycles. The average molecular weight is 600 g/mol. The van der Waals surface area contributed by atoms with Gasteiger partial charge in [0.1, 0.15) is 28.8 Å². The number of fused-ring (bicyclic) bond motifs is 1. The van der Waals surface area contributed by atoms with Crippen molar-refractivity contribution in [3.8, 4) is 0 Å². The van der Waals surface area contributed by atoms with E-state index in [1.807, 2.05) is 60.7 Å². The molecule has 2 aliphatic rings. The molecule has 3 aromatic carbocycles. The number of nitrogens with zero attached hydrogens (tertiary/aromatic N) is 1. The number of β-lactam (4-membered cyclic amide) rings is 1. The number of hydrogen-bond donors (Lipinski definition) is 2. The van der Waals surface area contributed by atoms with Crippen LogP contribution >= 0.6 is 11.8 Å².